The van der Waals surface area contributed by atoms with E-state index in [2.05, 4.69) is 15.2 Å². The summed E-state index contributed by atoms with van der Waals surface area (Å²) in [6.07, 6.45) is 1.22. The number of hydrogen-bond donors (Lipinski definition) is 1. The van der Waals surface area contributed by atoms with Crippen LogP contribution in [0.3, 0.4) is 0 Å². The lowest BCUT2D eigenvalue weighted by Gasteiger charge is -2.33. The van der Waals surface area contributed by atoms with Crippen molar-refractivity contribution in [2.75, 3.05) is 38.0 Å². The number of amides is 1. The largest absolute Gasteiger partial charge is 0.324 e. The van der Waals surface area contributed by atoms with Gasteiger partial charge in [-0.25, -0.2) is 17.8 Å². The molecule has 1 aliphatic rings. The Bertz CT molecular complexity index is 1350. The van der Waals surface area contributed by atoms with E-state index in [0.717, 1.165) is 17.2 Å². The van der Waals surface area contributed by atoms with Gasteiger partial charge in [-0.15, -0.1) is 0 Å². The molecule has 11 heteroatoms. The number of likely N-dealkylation sites (N-methyl/N-ethyl adjacent to an activating group) is 1. The summed E-state index contributed by atoms with van der Waals surface area (Å²) in [5.41, 5.74) is 0.0778. The molecule has 1 N–H and O–H groups in total. The van der Waals surface area contributed by atoms with Gasteiger partial charge < -0.3 is 10.2 Å². The molecular weight excluding hydrogens is 449 g/mol. The summed E-state index contributed by atoms with van der Waals surface area (Å²) >= 11 is 0. The minimum atomic E-state index is -3.69. The normalized spacial score (nSPS) is 15.6. The predicted octanol–water partition coefficient (Wildman–Crippen LogP) is 1.50. The Morgan fingerprint density at radius 2 is 1.88 bits per heavy atom. The molecular formula is C22H24FN5O4S. The number of rotatable bonds is 6. The summed E-state index contributed by atoms with van der Waals surface area (Å²) in [5, 5.41) is 2.69. The van der Waals surface area contributed by atoms with E-state index in [4.69, 9.17) is 0 Å². The molecule has 1 fully saturated rings. The zero-order valence-corrected chi connectivity index (χ0v) is 18.9. The van der Waals surface area contributed by atoms with E-state index in [9.17, 15) is 22.4 Å². The van der Waals surface area contributed by atoms with Crippen molar-refractivity contribution < 1.29 is 17.6 Å². The minimum Gasteiger partial charge on any atom is -0.324 e. The third-order valence-corrected chi connectivity index (χ3v) is 7.53. The van der Waals surface area contributed by atoms with Gasteiger partial charge in [-0.3, -0.25) is 14.2 Å². The topological polar surface area (TPSA) is 105 Å². The second kappa shape index (κ2) is 9.38. The number of piperazine rings is 1. The van der Waals surface area contributed by atoms with E-state index in [1.54, 1.807) is 12.1 Å². The molecule has 1 aromatic heterocycles. The molecule has 1 amide bonds. The van der Waals surface area contributed by atoms with Gasteiger partial charge in [-0.05, 0) is 42.9 Å². The molecule has 0 aliphatic carbocycles. The van der Waals surface area contributed by atoms with Gasteiger partial charge >= 0.3 is 0 Å². The first kappa shape index (κ1) is 23.0. The molecule has 1 saturated heterocycles. The molecule has 0 bridgehead atoms. The molecule has 2 heterocycles. The van der Waals surface area contributed by atoms with Crippen LogP contribution < -0.4 is 10.9 Å². The lowest BCUT2D eigenvalue weighted by molar-refractivity contribution is -0.116. The molecule has 0 radical (unpaired) electrons. The molecule has 0 unspecified atom stereocenters. The van der Waals surface area contributed by atoms with Gasteiger partial charge in [0.15, 0.2) is 0 Å². The number of aromatic nitrogens is 2. The molecule has 0 saturated carbocycles. The third kappa shape index (κ3) is 4.95. The number of nitrogens with zero attached hydrogens (tertiary/aromatic N) is 4. The second-order valence-electron chi connectivity index (χ2n) is 7.75. The van der Waals surface area contributed by atoms with Crippen LogP contribution in [0.4, 0.5) is 10.1 Å². The van der Waals surface area contributed by atoms with Crippen LogP contribution in [-0.2, 0) is 21.4 Å². The number of sulfonamides is 1. The molecule has 9 nitrogen and oxygen atoms in total. The van der Waals surface area contributed by atoms with E-state index in [1.807, 2.05) is 6.92 Å². The highest BCUT2D eigenvalue weighted by Crippen LogP contribution is 2.21. The Kier molecular flexibility index (Phi) is 6.54. The van der Waals surface area contributed by atoms with Crippen molar-refractivity contribution in [3.63, 3.8) is 0 Å². The van der Waals surface area contributed by atoms with Crippen LogP contribution in [0.1, 0.15) is 6.92 Å². The predicted molar refractivity (Wildman–Crippen MR) is 122 cm³/mol. The second-order valence-corrected chi connectivity index (χ2v) is 9.69. The molecule has 174 valence electrons. The summed E-state index contributed by atoms with van der Waals surface area (Å²) in [6.45, 7) is 4.72. The molecule has 0 spiro atoms. The third-order valence-electron chi connectivity index (χ3n) is 5.63. The maximum absolute atomic E-state index is 13.5. The highest BCUT2D eigenvalue weighted by Gasteiger charge is 2.28. The van der Waals surface area contributed by atoms with E-state index < -0.39 is 27.3 Å². The fourth-order valence-electron chi connectivity index (χ4n) is 3.77. The van der Waals surface area contributed by atoms with Crippen LogP contribution in [0.15, 0.2) is 58.5 Å². The number of nitrogens with one attached hydrogen (secondary N) is 1. The number of carbonyl (C=O) groups is 1. The number of carbonyl (C=O) groups excluding carboxylic acids is 1. The van der Waals surface area contributed by atoms with Gasteiger partial charge in [0.25, 0.3) is 5.56 Å². The number of anilines is 1. The fraction of sp³-hybridized carbons (Fsp3) is 0.318. The van der Waals surface area contributed by atoms with Crippen LogP contribution >= 0.6 is 0 Å². The Balaban J connectivity index is 1.49. The van der Waals surface area contributed by atoms with E-state index >= 15 is 0 Å². The summed E-state index contributed by atoms with van der Waals surface area (Å²) in [4.78, 5) is 31.4. The molecule has 2 aromatic carbocycles. The van der Waals surface area contributed by atoms with Crippen LogP contribution in [-0.4, -0.2) is 65.8 Å². The quantitative estimate of drug-likeness (QED) is 0.582. The minimum absolute atomic E-state index is 0.0709. The van der Waals surface area contributed by atoms with Crippen LogP contribution in [0.5, 0.6) is 0 Å². The van der Waals surface area contributed by atoms with Crippen molar-refractivity contribution in [3.8, 4) is 0 Å². The smallest absolute Gasteiger partial charge is 0.261 e. The SMILES string of the molecule is CCN1CCN(S(=O)(=O)c2cccc(NC(=O)Cn3cnc4ccc(F)cc4c3=O)c2)CC1. The molecule has 3 aromatic rings. The maximum Gasteiger partial charge on any atom is 0.261 e. The lowest BCUT2D eigenvalue weighted by Crippen LogP contribution is -2.48. The van der Waals surface area contributed by atoms with Gasteiger partial charge in [0, 0.05) is 31.9 Å². The van der Waals surface area contributed by atoms with Gasteiger partial charge in [0.1, 0.15) is 12.4 Å². The molecule has 1 aliphatic heterocycles. The highest BCUT2D eigenvalue weighted by atomic mass is 32.2. The van der Waals surface area contributed by atoms with Crippen molar-refractivity contribution >= 4 is 32.5 Å². The van der Waals surface area contributed by atoms with Gasteiger partial charge in [-0.2, -0.15) is 4.31 Å². The van der Waals surface area contributed by atoms with Gasteiger partial charge in [0.2, 0.25) is 15.9 Å². The van der Waals surface area contributed by atoms with E-state index in [1.165, 1.54) is 34.9 Å². The van der Waals surface area contributed by atoms with Crippen LogP contribution in [0, 0.1) is 5.82 Å². The Morgan fingerprint density at radius 1 is 1.12 bits per heavy atom. The monoisotopic (exact) mass is 473 g/mol. The number of halogens is 1. The lowest BCUT2D eigenvalue weighted by atomic mass is 10.2. The number of benzene rings is 2. The summed E-state index contributed by atoms with van der Waals surface area (Å²) in [6, 6.07) is 9.69. The van der Waals surface area contributed by atoms with Gasteiger partial charge in [0.05, 0.1) is 22.1 Å². The van der Waals surface area contributed by atoms with E-state index in [0.29, 0.717) is 37.4 Å². The summed E-state index contributed by atoms with van der Waals surface area (Å²) in [5.74, 6) is -1.11. The zero-order chi connectivity index (χ0) is 23.6. The Hall–Kier alpha value is -3.15. The van der Waals surface area contributed by atoms with Crippen molar-refractivity contribution in [1.29, 1.82) is 0 Å². The molecule has 0 atom stereocenters. The van der Waals surface area contributed by atoms with Crippen LogP contribution in [0.25, 0.3) is 10.9 Å². The zero-order valence-electron chi connectivity index (χ0n) is 18.1. The standard InChI is InChI=1S/C22H24FN5O4S/c1-2-26-8-10-28(11-9-26)33(31,32)18-5-3-4-17(13-18)25-21(29)14-27-15-24-20-7-6-16(23)12-19(20)22(27)30/h3-7,12-13,15H,2,8-11,14H2,1H3,(H,25,29). The number of hydrogen-bond acceptors (Lipinski definition) is 6. The summed E-state index contributed by atoms with van der Waals surface area (Å²) < 4.78 is 42.0. The van der Waals surface area contributed by atoms with Crippen molar-refractivity contribution in [2.24, 2.45) is 0 Å². The Labute approximate surface area is 190 Å². The average molecular weight is 474 g/mol. The van der Waals surface area contributed by atoms with Crippen molar-refractivity contribution in [1.82, 2.24) is 18.8 Å². The fourth-order valence-corrected chi connectivity index (χ4v) is 5.24. The van der Waals surface area contributed by atoms with Crippen molar-refractivity contribution in [2.45, 2.75) is 18.4 Å². The van der Waals surface area contributed by atoms with Crippen molar-refractivity contribution in [3.05, 3.63) is 65.0 Å². The van der Waals surface area contributed by atoms with E-state index in [-0.39, 0.29) is 16.8 Å². The van der Waals surface area contributed by atoms with Gasteiger partial charge in [-0.1, -0.05) is 13.0 Å². The average Bonchev–Trinajstić information content (AvgIpc) is 2.81. The first-order chi connectivity index (χ1) is 15.8. The first-order valence-electron chi connectivity index (χ1n) is 10.5. The Morgan fingerprint density at radius 3 is 2.61 bits per heavy atom. The first-order valence-corrected chi connectivity index (χ1v) is 12.0. The summed E-state index contributed by atoms with van der Waals surface area (Å²) in [7, 11) is -3.69. The maximum atomic E-state index is 13.5. The van der Waals surface area contributed by atoms with Crippen LogP contribution in [0.2, 0.25) is 0 Å². The number of fused-ring (bicyclic) bond motifs is 1. The molecule has 4 rings (SSSR count). The molecule has 33 heavy (non-hydrogen) atoms. The highest BCUT2D eigenvalue weighted by molar-refractivity contribution is 7.89.